The molecule has 1 aromatic heterocycles. The van der Waals surface area contributed by atoms with Crippen molar-refractivity contribution >= 4 is 11.6 Å². The Hall–Kier alpha value is -2.30. The van der Waals surface area contributed by atoms with Gasteiger partial charge in [0.1, 0.15) is 5.76 Å². The summed E-state index contributed by atoms with van der Waals surface area (Å²) in [5.74, 6) is 0.686. The number of aromatic nitrogens is 1. The monoisotopic (exact) mass is 273 g/mol. The lowest BCUT2D eigenvalue weighted by Crippen LogP contribution is -2.27. The third-order valence-corrected chi connectivity index (χ3v) is 3.23. The van der Waals surface area contributed by atoms with Gasteiger partial charge < -0.3 is 15.6 Å². The minimum atomic E-state index is -0.0187. The quantitative estimate of drug-likeness (QED) is 0.814. The summed E-state index contributed by atoms with van der Waals surface area (Å²) in [5.41, 5.74) is 9.16. The maximum atomic E-state index is 11.9. The number of nitrogens with two attached hydrogens (primary N) is 1. The molecule has 0 aliphatic rings. The van der Waals surface area contributed by atoms with Gasteiger partial charge in [-0.05, 0) is 38.0 Å². The Morgan fingerprint density at radius 2 is 2.00 bits per heavy atom. The molecular weight excluding hydrogens is 254 g/mol. The molecule has 5 heteroatoms. The van der Waals surface area contributed by atoms with Crippen molar-refractivity contribution in [3.8, 4) is 0 Å². The first kappa shape index (κ1) is 14.1. The second-order valence-electron chi connectivity index (χ2n) is 4.82. The first-order valence-electron chi connectivity index (χ1n) is 6.59. The van der Waals surface area contributed by atoms with Crippen molar-refractivity contribution in [1.29, 1.82) is 0 Å². The lowest BCUT2D eigenvalue weighted by Gasteiger charge is -2.05. The smallest absolute Gasteiger partial charge is 0.224 e. The molecule has 20 heavy (non-hydrogen) atoms. The summed E-state index contributed by atoms with van der Waals surface area (Å²) < 4.78 is 5.04. The highest BCUT2D eigenvalue weighted by Gasteiger charge is 2.12. The molecule has 5 nitrogen and oxygen atoms in total. The van der Waals surface area contributed by atoms with E-state index in [2.05, 4.69) is 10.5 Å². The number of anilines is 1. The topological polar surface area (TPSA) is 81.2 Å². The van der Waals surface area contributed by atoms with E-state index in [0.29, 0.717) is 18.7 Å². The number of benzene rings is 1. The van der Waals surface area contributed by atoms with E-state index in [-0.39, 0.29) is 5.91 Å². The summed E-state index contributed by atoms with van der Waals surface area (Å²) in [6, 6.07) is 7.66. The summed E-state index contributed by atoms with van der Waals surface area (Å²) in [6.45, 7) is 4.26. The zero-order valence-corrected chi connectivity index (χ0v) is 11.8. The average molecular weight is 273 g/mol. The van der Waals surface area contributed by atoms with Crippen LogP contribution in [0.1, 0.15) is 22.6 Å². The molecule has 1 heterocycles. The van der Waals surface area contributed by atoms with Gasteiger partial charge in [-0.25, -0.2) is 0 Å². The number of rotatable bonds is 5. The van der Waals surface area contributed by atoms with Crippen LogP contribution in [0.5, 0.6) is 0 Å². The van der Waals surface area contributed by atoms with Crippen molar-refractivity contribution < 1.29 is 9.32 Å². The van der Waals surface area contributed by atoms with Gasteiger partial charge in [0.15, 0.2) is 0 Å². The molecular formula is C15H19N3O2. The fraction of sp³-hybridized carbons (Fsp3) is 0.333. The van der Waals surface area contributed by atoms with Crippen molar-refractivity contribution in [3.63, 3.8) is 0 Å². The zero-order chi connectivity index (χ0) is 14.5. The molecule has 0 fully saturated rings. The van der Waals surface area contributed by atoms with Crippen molar-refractivity contribution in [1.82, 2.24) is 10.5 Å². The Balaban J connectivity index is 1.80. The summed E-state index contributed by atoms with van der Waals surface area (Å²) in [4.78, 5) is 11.9. The minimum absolute atomic E-state index is 0.0187. The van der Waals surface area contributed by atoms with Crippen molar-refractivity contribution in [2.45, 2.75) is 26.7 Å². The van der Waals surface area contributed by atoms with Crippen LogP contribution >= 0.6 is 0 Å². The zero-order valence-electron chi connectivity index (χ0n) is 11.8. The Bertz CT molecular complexity index is 568. The number of aryl methyl sites for hydroxylation is 2. The number of hydrogen-bond donors (Lipinski definition) is 2. The van der Waals surface area contributed by atoms with E-state index in [0.717, 1.165) is 28.9 Å². The molecule has 0 atom stereocenters. The first-order chi connectivity index (χ1) is 9.56. The largest absolute Gasteiger partial charge is 0.399 e. The van der Waals surface area contributed by atoms with E-state index in [9.17, 15) is 4.79 Å². The fourth-order valence-corrected chi connectivity index (χ4v) is 2.01. The third-order valence-electron chi connectivity index (χ3n) is 3.23. The van der Waals surface area contributed by atoms with Crippen LogP contribution in [0.25, 0.3) is 0 Å². The predicted molar refractivity (Wildman–Crippen MR) is 77.2 cm³/mol. The van der Waals surface area contributed by atoms with Crippen LogP contribution in [-0.2, 0) is 17.6 Å². The molecule has 106 valence electrons. The molecule has 1 amide bonds. The first-order valence-corrected chi connectivity index (χ1v) is 6.59. The van der Waals surface area contributed by atoms with Crippen LogP contribution in [0, 0.1) is 13.8 Å². The molecule has 0 aliphatic carbocycles. The highest BCUT2D eigenvalue weighted by Crippen LogP contribution is 2.12. The van der Waals surface area contributed by atoms with Gasteiger partial charge in [0.25, 0.3) is 0 Å². The lowest BCUT2D eigenvalue weighted by molar-refractivity contribution is -0.120. The molecule has 0 saturated carbocycles. The van der Waals surface area contributed by atoms with Gasteiger partial charge in [0.05, 0.1) is 12.1 Å². The number of carbonyl (C=O) groups is 1. The molecule has 2 aromatic rings. The fourth-order valence-electron chi connectivity index (χ4n) is 2.01. The maximum Gasteiger partial charge on any atom is 0.224 e. The van der Waals surface area contributed by atoms with E-state index in [1.165, 1.54) is 0 Å². The van der Waals surface area contributed by atoms with Gasteiger partial charge in [-0.1, -0.05) is 17.3 Å². The van der Waals surface area contributed by atoms with Crippen molar-refractivity contribution in [2.24, 2.45) is 0 Å². The van der Waals surface area contributed by atoms with E-state index < -0.39 is 0 Å². The predicted octanol–water partition coefficient (Wildman–Crippen LogP) is 1.78. The van der Waals surface area contributed by atoms with E-state index in [1.54, 1.807) is 0 Å². The third kappa shape index (κ3) is 3.60. The van der Waals surface area contributed by atoms with Gasteiger partial charge in [-0.15, -0.1) is 0 Å². The van der Waals surface area contributed by atoms with Crippen LogP contribution in [-0.4, -0.2) is 17.6 Å². The second kappa shape index (κ2) is 6.23. The van der Waals surface area contributed by atoms with Crippen LogP contribution < -0.4 is 11.1 Å². The highest BCUT2D eigenvalue weighted by molar-refractivity contribution is 5.78. The van der Waals surface area contributed by atoms with Crippen LogP contribution in [0.2, 0.25) is 0 Å². The van der Waals surface area contributed by atoms with Gasteiger partial charge in [0.2, 0.25) is 5.91 Å². The van der Waals surface area contributed by atoms with Crippen molar-refractivity contribution in [2.75, 3.05) is 12.3 Å². The number of nitrogens with one attached hydrogen (secondary N) is 1. The maximum absolute atomic E-state index is 11.9. The van der Waals surface area contributed by atoms with E-state index >= 15 is 0 Å². The molecule has 3 N–H and O–H groups in total. The Morgan fingerprint density at radius 3 is 2.60 bits per heavy atom. The van der Waals surface area contributed by atoms with Gasteiger partial charge in [0, 0.05) is 17.8 Å². The van der Waals surface area contributed by atoms with Gasteiger partial charge in [-0.3, -0.25) is 4.79 Å². The normalized spacial score (nSPS) is 10.5. The molecule has 0 saturated heterocycles. The molecule has 0 spiro atoms. The molecule has 2 rings (SSSR count). The Kier molecular flexibility index (Phi) is 4.40. The minimum Gasteiger partial charge on any atom is -0.399 e. The molecule has 0 radical (unpaired) electrons. The number of carbonyl (C=O) groups excluding carboxylic acids is 1. The van der Waals surface area contributed by atoms with Gasteiger partial charge >= 0.3 is 0 Å². The van der Waals surface area contributed by atoms with E-state index in [4.69, 9.17) is 10.3 Å². The summed E-state index contributed by atoms with van der Waals surface area (Å²) in [6.07, 6.45) is 1.09. The molecule has 0 bridgehead atoms. The molecule has 1 aromatic carbocycles. The average Bonchev–Trinajstić information content (AvgIpc) is 2.73. The van der Waals surface area contributed by atoms with Crippen LogP contribution in [0.4, 0.5) is 5.69 Å². The van der Waals surface area contributed by atoms with Crippen molar-refractivity contribution in [3.05, 3.63) is 46.8 Å². The Labute approximate surface area is 118 Å². The standard InChI is InChI=1S/C15H19N3O2/c1-10-14(11(2)20-18-10)9-15(19)17-8-7-12-3-5-13(16)6-4-12/h3-6H,7-9,16H2,1-2H3,(H,17,19). The summed E-state index contributed by atoms with van der Waals surface area (Å²) >= 11 is 0. The number of nitrogen functional groups attached to an aromatic ring is 1. The van der Waals surface area contributed by atoms with E-state index in [1.807, 2.05) is 38.1 Å². The number of amides is 1. The second-order valence-corrected chi connectivity index (χ2v) is 4.82. The molecule has 0 aliphatic heterocycles. The Morgan fingerprint density at radius 1 is 1.30 bits per heavy atom. The van der Waals surface area contributed by atoms with Crippen LogP contribution in [0.3, 0.4) is 0 Å². The van der Waals surface area contributed by atoms with Crippen LogP contribution in [0.15, 0.2) is 28.8 Å². The highest BCUT2D eigenvalue weighted by atomic mass is 16.5. The van der Waals surface area contributed by atoms with Gasteiger partial charge in [-0.2, -0.15) is 0 Å². The molecule has 0 unspecified atom stereocenters. The number of nitrogens with zero attached hydrogens (tertiary/aromatic N) is 1. The lowest BCUT2D eigenvalue weighted by atomic mass is 10.1. The SMILES string of the molecule is Cc1noc(C)c1CC(=O)NCCc1ccc(N)cc1. The number of hydrogen-bond acceptors (Lipinski definition) is 4. The summed E-state index contributed by atoms with van der Waals surface area (Å²) in [5, 5.41) is 6.74. The summed E-state index contributed by atoms with van der Waals surface area (Å²) in [7, 11) is 0.